The number of carbonyl (C=O) groups is 2. The minimum Gasteiger partial charge on any atom is -0.486 e. The van der Waals surface area contributed by atoms with E-state index < -0.39 is 29.7 Å². The fraction of sp³-hybridized carbons (Fsp3) is 0.320. The van der Waals surface area contributed by atoms with Gasteiger partial charge in [0.1, 0.15) is 23.9 Å². The van der Waals surface area contributed by atoms with Gasteiger partial charge in [-0.2, -0.15) is 0 Å². The lowest BCUT2D eigenvalue weighted by Gasteiger charge is -2.28. The first-order valence-corrected chi connectivity index (χ1v) is 10.8. The van der Waals surface area contributed by atoms with Crippen LogP contribution in [0.15, 0.2) is 48.5 Å². The molecule has 1 aromatic heterocycles. The molecular formula is C25H25F3N2O6. The summed E-state index contributed by atoms with van der Waals surface area (Å²) >= 11 is 0. The molecule has 3 rings (SSSR count). The number of aliphatic carboxylic acids is 1. The molecule has 0 aliphatic carbocycles. The van der Waals surface area contributed by atoms with Gasteiger partial charge in [0.25, 0.3) is 5.91 Å². The minimum absolute atomic E-state index is 0.0378. The van der Waals surface area contributed by atoms with Gasteiger partial charge in [-0.3, -0.25) is 4.79 Å². The molecule has 0 spiro atoms. The molecule has 36 heavy (non-hydrogen) atoms. The third kappa shape index (κ3) is 6.55. The van der Waals surface area contributed by atoms with E-state index in [1.54, 1.807) is 39.0 Å². The summed E-state index contributed by atoms with van der Waals surface area (Å²) < 4.78 is 52.2. The molecule has 8 nitrogen and oxygen atoms in total. The fourth-order valence-electron chi connectivity index (χ4n) is 3.38. The first kappa shape index (κ1) is 26.6. The second-order valence-corrected chi connectivity index (χ2v) is 8.96. The monoisotopic (exact) mass is 506 g/mol. The molecular weight excluding hydrogens is 481 g/mol. The topological polar surface area (TPSA) is 107 Å². The molecule has 0 aliphatic rings. The number of amides is 1. The predicted molar refractivity (Wildman–Crippen MR) is 124 cm³/mol. The van der Waals surface area contributed by atoms with E-state index >= 15 is 0 Å². The zero-order valence-electron chi connectivity index (χ0n) is 20.0. The van der Waals surface area contributed by atoms with Gasteiger partial charge < -0.3 is 24.6 Å². The number of carboxylic acid groups (broad SMARTS) is 1. The van der Waals surface area contributed by atoms with Crippen LogP contribution in [0.3, 0.4) is 0 Å². The summed E-state index contributed by atoms with van der Waals surface area (Å²) in [6.45, 7) is 4.93. The average Bonchev–Trinajstić information content (AvgIpc) is 2.79. The number of fused-ring (bicyclic) bond motifs is 1. The zero-order chi connectivity index (χ0) is 26.7. The van der Waals surface area contributed by atoms with Crippen molar-refractivity contribution in [3.8, 4) is 17.4 Å². The summed E-state index contributed by atoms with van der Waals surface area (Å²) in [7, 11) is 1.43. The van der Waals surface area contributed by atoms with Crippen molar-refractivity contribution in [1.29, 1.82) is 0 Å². The molecule has 2 aromatic carbocycles. The first-order chi connectivity index (χ1) is 16.8. The Morgan fingerprint density at radius 3 is 2.22 bits per heavy atom. The average molecular weight is 506 g/mol. The lowest BCUT2D eigenvalue weighted by Crippen LogP contribution is -2.49. The third-order valence-corrected chi connectivity index (χ3v) is 5.17. The van der Waals surface area contributed by atoms with Gasteiger partial charge in [-0.1, -0.05) is 39.0 Å². The zero-order valence-corrected chi connectivity index (χ0v) is 20.0. The Morgan fingerprint density at radius 1 is 1.03 bits per heavy atom. The molecule has 192 valence electrons. The standard InChI is InChI=1S/C25H25F3N2O6/c1-24(2,3)21(23(32)33)30-22(31)17-11-7-15-8-12-18(34-4)29-19(15)20(17)35-13-14-5-9-16(10-6-14)36-25(26,27)28/h5-12,21H,13H2,1-4H3,(H,30,31)(H,32,33)/t21-/m1/s1. The lowest BCUT2D eigenvalue weighted by atomic mass is 9.86. The van der Waals surface area contributed by atoms with Crippen LogP contribution in [0.4, 0.5) is 13.2 Å². The summed E-state index contributed by atoms with van der Waals surface area (Å²) in [4.78, 5) is 29.3. The lowest BCUT2D eigenvalue weighted by molar-refractivity contribution is -0.274. The minimum atomic E-state index is -4.81. The Bertz CT molecular complexity index is 1250. The van der Waals surface area contributed by atoms with Crippen molar-refractivity contribution >= 4 is 22.8 Å². The number of benzene rings is 2. The Labute approximate surface area is 205 Å². The molecule has 11 heteroatoms. The van der Waals surface area contributed by atoms with Gasteiger partial charge in [-0.05, 0) is 35.2 Å². The van der Waals surface area contributed by atoms with Gasteiger partial charge in [0.15, 0.2) is 5.75 Å². The molecule has 0 saturated carbocycles. The Morgan fingerprint density at radius 2 is 1.67 bits per heavy atom. The van der Waals surface area contributed by atoms with Crippen molar-refractivity contribution in [2.75, 3.05) is 7.11 Å². The molecule has 2 N–H and O–H groups in total. The number of rotatable bonds is 8. The van der Waals surface area contributed by atoms with Crippen molar-refractivity contribution in [3.05, 3.63) is 59.7 Å². The molecule has 0 radical (unpaired) electrons. The van der Waals surface area contributed by atoms with E-state index in [4.69, 9.17) is 9.47 Å². The van der Waals surface area contributed by atoms with Gasteiger partial charge in [-0.15, -0.1) is 13.2 Å². The van der Waals surface area contributed by atoms with Crippen molar-refractivity contribution in [2.24, 2.45) is 5.41 Å². The van der Waals surface area contributed by atoms with Crippen LogP contribution >= 0.6 is 0 Å². The number of pyridine rings is 1. The number of carbonyl (C=O) groups excluding carboxylic acids is 1. The molecule has 1 heterocycles. The predicted octanol–water partition coefficient (Wildman–Crippen LogP) is 4.95. The summed E-state index contributed by atoms with van der Waals surface area (Å²) in [6, 6.07) is 10.4. The summed E-state index contributed by atoms with van der Waals surface area (Å²) in [5, 5.41) is 12.8. The normalized spacial score (nSPS) is 12.6. The van der Waals surface area contributed by atoms with Crippen LogP contribution in [0.25, 0.3) is 10.9 Å². The highest BCUT2D eigenvalue weighted by Gasteiger charge is 2.34. The molecule has 0 saturated heterocycles. The van der Waals surface area contributed by atoms with Crippen molar-refractivity contribution in [3.63, 3.8) is 0 Å². The number of alkyl halides is 3. The first-order valence-electron chi connectivity index (χ1n) is 10.8. The maximum Gasteiger partial charge on any atom is 0.573 e. The Hall–Kier alpha value is -4.02. The van der Waals surface area contributed by atoms with E-state index in [1.165, 1.54) is 25.3 Å². The summed E-state index contributed by atoms with van der Waals surface area (Å²) in [5.41, 5.74) is 0.0486. The Balaban J connectivity index is 1.96. The van der Waals surface area contributed by atoms with Gasteiger partial charge in [0.2, 0.25) is 5.88 Å². The van der Waals surface area contributed by atoms with Gasteiger partial charge >= 0.3 is 12.3 Å². The molecule has 1 amide bonds. The van der Waals surface area contributed by atoms with Crippen molar-refractivity contribution in [2.45, 2.75) is 39.8 Å². The van der Waals surface area contributed by atoms with Crippen LogP contribution < -0.4 is 19.5 Å². The molecule has 1 atom stereocenters. The fourth-order valence-corrected chi connectivity index (χ4v) is 3.38. The Kier molecular flexibility index (Phi) is 7.61. The second kappa shape index (κ2) is 10.3. The maximum absolute atomic E-state index is 13.2. The molecule has 0 fully saturated rings. The molecule has 0 unspecified atom stereocenters. The number of carboxylic acids is 1. The molecule has 3 aromatic rings. The van der Waals surface area contributed by atoms with E-state index in [0.717, 1.165) is 12.1 Å². The van der Waals surface area contributed by atoms with E-state index in [1.807, 2.05) is 0 Å². The number of hydrogen-bond acceptors (Lipinski definition) is 6. The summed E-state index contributed by atoms with van der Waals surface area (Å²) in [6.07, 6.45) is -4.81. The quantitative estimate of drug-likeness (QED) is 0.445. The van der Waals surface area contributed by atoms with Crippen LogP contribution in [0, 0.1) is 5.41 Å². The largest absolute Gasteiger partial charge is 0.573 e. The van der Waals surface area contributed by atoms with E-state index in [9.17, 15) is 27.9 Å². The van der Waals surface area contributed by atoms with Crippen molar-refractivity contribution in [1.82, 2.24) is 10.3 Å². The number of methoxy groups -OCH3 is 1. The van der Waals surface area contributed by atoms with E-state index in [-0.39, 0.29) is 29.5 Å². The van der Waals surface area contributed by atoms with Crippen LogP contribution in [0.2, 0.25) is 0 Å². The summed E-state index contributed by atoms with van der Waals surface area (Å²) in [5.74, 6) is -1.94. The van der Waals surface area contributed by atoms with Gasteiger partial charge in [-0.25, -0.2) is 9.78 Å². The number of aromatic nitrogens is 1. The molecule has 0 aliphatic heterocycles. The molecule has 0 bridgehead atoms. The van der Waals surface area contributed by atoms with Gasteiger partial charge in [0, 0.05) is 11.5 Å². The smallest absolute Gasteiger partial charge is 0.486 e. The maximum atomic E-state index is 13.2. The number of hydrogen-bond donors (Lipinski definition) is 2. The van der Waals surface area contributed by atoms with Crippen LogP contribution in [-0.4, -0.2) is 41.5 Å². The number of nitrogens with zero attached hydrogens (tertiary/aromatic N) is 1. The van der Waals surface area contributed by atoms with Crippen LogP contribution in [0.5, 0.6) is 17.4 Å². The van der Waals surface area contributed by atoms with E-state index in [0.29, 0.717) is 16.5 Å². The number of halogens is 3. The highest BCUT2D eigenvalue weighted by atomic mass is 19.4. The van der Waals surface area contributed by atoms with Crippen molar-refractivity contribution < 1.29 is 42.1 Å². The SMILES string of the molecule is COc1ccc2ccc(C(=O)N[C@H](C(=O)O)C(C)(C)C)c(OCc3ccc(OC(F)(F)F)cc3)c2n1. The number of nitrogens with one attached hydrogen (secondary N) is 1. The second-order valence-electron chi connectivity index (χ2n) is 8.96. The van der Waals surface area contributed by atoms with Crippen LogP contribution in [0.1, 0.15) is 36.7 Å². The van der Waals surface area contributed by atoms with Gasteiger partial charge in [0.05, 0.1) is 12.7 Å². The highest BCUT2D eigenvalue weighted by Crippen LogP contribution is 2.32. The van der Waals surface area contributed by atoms with E-state index in [2.05, 4.69) is 15.0 Å². The van der Waals surface area contributed by atoms with Crippen LogP contribution in [-0.2, 0) is 11.4 Å². The highest BCUT2D eigenvalue weighted by molar-refractivity contribution is 6.04. The third-order valence-electron chi connectivity index (χ3n) is 5.17. The number of ether oxygens (including phenoxy) is 3.